The first-order chi connectivity index (χ1) is 11.4. The molecule has 0 saturated heterocycles. The number of rotatable bonds is 10. The predicted molar refractivity (Wildman–Crippen MR) is 97.7 cm³/mol. The first-order valence-electron chi connectivity index (χ1n) is 7.99. The molecule has 0 radical (unpaired) electrons. The number of ether oxygens (including phenoxy) is 2. The SMILES string of the molecule is C=C/C(=C\C=C(/C)F)OC1=CC(C)(NCCOCC)C(N=C)C=C1. The molecule has 2 atom stereocenters. The molecule has 1 N–H and O–H groups in total. The highest BCUT2D eigenvalue weighted by atomic mass is 19.1. The smallest absolute Gasteiger partial charge is 0.126 e. The van der Waals surface area contributed by atoms with Crippen molar-refractivity contribution in [3.63, 3.8) is 0 Å². The maximum Gasteiger partial charge on any atom is 0.126 e. The van der Waals surface area contributed by atoms with E-state index in [0.717, 1.165) is 0 Å². The van der Waals surface area contributed by atoms with E-state index in [1.807, 2.05) is 32.1 Å². The Morgan fingerprint density at radius 1 is 1.50 bits per heavy atom. The lowest BCUT2D eigenvalue weighted by Gasteiger charge is -2.35. The Labute approximate surface area is 144 Å². The predicted octanol–water partition coefficient (Wildman–Crippen LogP) is 3.85. The molecule has 2 unspecified atom stereocenters. The van der Waals surface area contributed by atoms with Gasteiger partial charge in [-0.1, -0.05) is 12.7 Å². The van der Waals surface area contributed by atoms with Crippen LogP contribution >= 0.6 is 0 Å². The number of allylic oxidation sites excluding steroid dienone is 5. The van der Waals surface area contributed by atoms with Crippen LogP contribution in [-0.2, 0) is 9.47 Å². The van der Waals surface area contributed by atoms with E-state index in [-0.39, 0.29) is 11.9 Å². The summed E-state index contributed by atoms with van der Waals surface area (Å²) in [7, 11) is 0. The second kappa shape index (κ2) is 10.0. The van der Waals surface area contributed by atoms with Crippen LogP contribution in [0.4, 0.5) is 4.39 Å². The van der Waals surface area contributed by atoms with Crippen LogP contribution in [0, 0.1) is 0 Å². The minimum Gasteiger partial charge on any atom is -0.458 e. The molecular formula is C19H27FN2O2. The van der Waals surface area contributed by atoms with Gasteiger partial charge in [-0.2, -0.15) is 0 Å². The topological polar surface area (TPSA) is 42.8 Å². The Kier molecular flexibility index (Phi) is 8.36. The lowest BCUT2D eigenvalue weighted by Crippen LogP contribution is -2.51. The Bertz CT molecular complexity index is 560. The summed E-state index contributed by atoms with van der Waals surface area (Å²) < 4.78 is 24.0. The zero-order valence-electron chi connectivity index (χ0n) is 14.7. The molecular weight excluding hydrogens is 307 g/mol. The van der Waals surface area contributed by atoms with E-state index in [1.54, 1.807) is 0 Å². The van der Waals surface area contributed by atoms with Gasteiger partial charge in [-0.25, -0.2) is 4.39 Å². The summed E-state index contributed by atoms with van der Waals surface area (Å²) >= 11 is 0. The van der Waals surface area contributed by atoms with Crippen molar-refractivity contribution in [2.24, 2.45) is 4.99 Å². The van der Waals surface area contributed by atoms with Gasteiger partial charge in [0.1, 0.15) is 11.5 Å². The molecule has 0 aromatic carbocycles. The minimum absolute atomic E-state index is 0.115. The third-order valence-corrected chi connectivity index (χ3v) is 3.57. The van der Waals surface area contributed by atoms with Crippen molar-refractivity contribution in [2.45, 2.75) is 32.4 Å². The molecule has 1 aliphatic rings. The van der Waals surface area contributed by atoms with Gasteiger partial charge in [-0.3, -0.25) is 4.99 Å². The van der Waals surface area contributed by atoms with Gasteiger partial charge in [-0.15, -0.1) is 0 Å². The fraction of sp³-hybridized carbons (Fsp3) is 0.421. The van der Waals surface area contributed by atoms with Gasteiger partial charge in [0, 0.05) is 13.2 Å². The van der Waals surface area contributed by atoms with E-state index in [2.05, 4.69) is 23.6 Å². The first-order valence-corrected chi connectivity index (χ1v) is 7.99. The highest BCUT2D eigenvalue weighted by Crippen LogP contribution is 2.26. The second-order valence-corrected chi connectivity index (χ2v) is 5.57. The van der Waals surface area contributed by atoms with Gasteiger partial charge in [0.25, 0.3) is 0 Å². The highest BCUT2D eigenvalue weighted by molar-refractivity contribution is 5.36. The molecule has 0 aromatic heterocycles. The molecule has 4 nitrogen and oxygen atoms in total. The molecule has 0 heterocycles. The zero-order chi connectivity index (χ0) is 18.0. The largest absolute Gasteiger partial charge is 0.458 e. The quantitative estimate of drug-likeness (QED) is 0.286. The molecule has 0 aromatic rings. The summed E-state index contributed by atoms with van der Waals surface area (Å²) in [5.74, 6) is 0.798. The Hall–Kier alpha value is -1.98. The first kappa shape index (κ1) is 20.1. The monoisotopic (exact) mass is 334 g/mol. The van der Waals surface area contributed by atoms with E-state index < -0.39 is 5.54 Å². The van der Waals surface area contributed by atoms with Crippen LogP contribution in [0.1, 0.15) is 20.8 Å². The molecule has 132 valence electrons. The normalized spacial score (nSPS) is 24.5. The average Bonchev–Trinajstić information content (AvgIpc) is 2.55. The molecule has 0 bridgehead atoms. The fourth-order valence-electron chi connectivity index (χ4n) is 2.30. The third kappa shape index (κ3) is 6.26. The number of halogens is 1. The summed E-state index contributed by atoms with van der Waals surface area (Å²) in [6.07, 6.45) is 10.1. The molecule has 0 spiro atoms. The summed E-state index contributed by atoms with van der Waals surface area (Å²) in [5, 5.41) is 3.42. The average molecular weight is 334 g/mol. The Morgan fingerprint density at radius 2 is 2.25 bits per heavy atom. The van der Waals surface area contributed by atoms with Crippen molar-refractivity contribution in [1.29, 1.82) is 0 Å². The van der Waals surface area contributed by atoms with Crippen molar-refractivity contribution in [1.82, 2.24) is 5.32 Å². The Morgan fingerprint density at radius 3 is 2.83 bits per heavy atom. The number of nitrogens with zero attached hydrogens (tertiary/aromatic N) is 1. The fourth-order valence-corrected chi connectivity index (χ4v) is 2.30. The number of hydrogen-bond donors (Lipinski definition) is 1. The molecule has 1 aliphatic carbocycles. The lowest BCUT2D eigenvalue weighted by atomic mass is 9.87. The molecule has 0 amide bonds. The molecule has 0 aliphatic heterocycles. The highest BCUT2D eigenvalue weighted by Gasteiger charge is 2.32. The van der Waals surface area contributed by atoms with E-state index in [0.29, 0.717) is 31.3 Å². The second-order valence-electron chi connectivity index (χ2n) is 5.57. The van der Waals surface area contributed by atoms with Crippen LogP contribution < -0.4 is 5.32 Å². The summed E-state index contributed by atoms with van der Waals surface area (Å²) in [6.45, 7) is 14.7. The summed E-state index contributed by atoms with van der Waals surface area (Å²) in [4.78, 5) is 4.16. The van der Waals surface area contributed by atoms with Gasteiger partial charge >= 0.3 is 0 Å². The van der Waals surface area contributed by atoms with Crippen LogP contribution in [0.3, 0.4) is 0 Å². The maximum absolute atomic E-state index is 12.9. The summed E-state index contributed by atoms with van der Waals surface area (Å²) in [6, 6.07) is -0.115. The van der Waals surface area contributed by atoms with Crippen molar-refractivity contribution in [3.05, 3.63) is 60.4 Å². The van der Waals surface area contributed by atoms with Crippen LogP contribution in [0.2, 0.25) is 0 Å². The van der Waals surface area contributed by atoms with Crippen molar-refractivity contribution in [3.8, 4) is 0 Å². The number of aliphatic imine (C=N–C) groups is 1. The van der Waals surface area contributed by atoms with Crippen LogP contribution in [0.25, 0.3) is 0 Å². The molecule has 0 fully saturated rings. The third-order valence-electron chi connectivity index (χ3n) is 3.57. The van der Waals surface area contributed by atoms with E-state index in [9.17, 15) is 4.39 Å². The molecule has 0 saturated carbocycles. The van der Waals surface area contributed by atoms with Gasteiger partial charge in [0.2, 0.25) is 0 Å². The lowest BCUT2D eigenvalue weighted by molar-refractivity contribution is 0.143. The number of nitrogens with one attached hydrogen (secondary N) is 1. The Balaban J connectivity index is 2.88. The van der Waals surface area contributed by atoms with E-state index in [1.165, 1.54) is 25.2 Å². The van der Waals surface area contributed by atoms with Crippen molar-refractivity contribution >= 4 is 6.72 Å². The van der Waals surface area contributed by atoms with Gasteiger partial charge < -0.3 is 14.8 Å². The van der Waals surface area contributed by atoms with Crippen molar-refractivity contribution < 1.29 is 13.9 Å². The molecule has 5 heteroatoms. The standard InChI is InChI=1S/C19H27FN2O2/c1-6-16(9-8-15(3)20)24-17-10-11-18(21-5)19(4,14-17)22-12-13-23-7-2/h6,8-11,14,18,22H,1,5,7,12-13H2,2-4H3/b15-8+,16-9+. The van der Waals surface area contributed by atoms with E-state index in [4.69, 9.17) is 9.47 Å². The van der Waals surface area contributed by atoms with Crippen LogP contribution in [-0.4, -0.2) is 38.1 Å². The van der Waals surface area contributed by atoms with Crippen molar-refractivity contribution in [2.75, 3.05) is 19.8 Å². The number of hydrogen-bond acceptors (Lipinski definition) is 4. The minimum atomic E-state index is -0.443. The maximum atomic E-state index is 12.9. The van der Waals surface area contributed by atoms with E-state index >= 15 is 0 Å². The van der Waals surface area contributed by atoms with Gasteiger partial charge in [-0.05, 0) is 57.9 Å². The summed E-state index contributed by atoms with van der Waals surface area (Å²) in [5.41, 5.74) is -0.443. The van der Waals surface area contributed by atoms with Crippen LogP contribution in [0.5, 0.6) is 0 Å². The molecule has 24 heavy (non-hydrogen) atoms. The molecule has 1 rings (SSSR count). The van der Waals surface area contributed by atoms with Crippen LogP contribution in [0.15, 0.2) is 65.4 Å². The van der Waals surface area contributed by atoms with Gasteiger partial charge in [0.05, 0.1) is 24.0 Å². The van der Waals surface area contributed by atoms with Gasteiger partial charge in [0.15, 0.2) is 0 Å². The zero-order valence-corrected chi connectivity index (χ0v) is 14.7.